The van der Waals surface area contributed by atoms with Crippen LogP contribution in [-0.4, -0.2) is 23.1 Å². The normalized spacial score (nSPS) is 11.8. The van der Waals surface area contributed by atoms with Gasteiger partial charge < -0.3 is 10.1 Å². The lowest BCUT2D eigenvalue weighted by Crippen LogP contribution is -2.26. The number of ether oxygens (including phenoxy) is 1. The topological polar surface area (TPSA) is 47.0 Å². The van der Waals surface area contributed by atoms with Crippen LogP contribution < -0.4 is 5.32 Å². The number of rotatable bonds is 7. The Hall–Kier alpha value is -1.00. The Morgan fingerprint density at radius 3 is 2.76 bits per heavy atom. The van der Waals surface area contributed by atoms with E-state index in [2.05, 4.69) is 22.2 Å². The van der Waals surface area contributed by atoms with Gasteiger partial charge in [0.1, 0.15) is 5.60 Å². The van der Waals surface area contributed by atoms with Gasteiger partial charge in [-0.05, 0) is 39.8 Å². The highest BCUT2D eigenvalue weighted by Gasteiger charge is 2.24. The van der Waals surface area contributed by atoms with Gasteiger partial charge in [0.25, 0.3) is 0 Å². The van der Waals surface area contributed by atoms with Gasteiger partial charge >= 0.3 is 0 Å². The highest BCUT2D eigenvalue weighted by molar-refractivity contribution is 5.06. The van der Waals surface area contributed by atoms with E-state index in [0.29, 0.717) is 6.61 Å². The molecule has 0 saturated carbocycles. The van der Waals surface area contributed by atoms with Crippen LogP contribution in [0, 0.1) is 0 Å². The van der Waals surface area contributed by atoms with Crippen LogP contribution in [0.2, 0.25) is 0 Å². The zero-order valence-electron chi connectivity index (χ0n) is 11.3. The Labute approximate surface area is 104 Å². The summed E-state index contributed by atoms with van der Waals surface area (Å²) < 4.78 is 5.65. The first-order chi connectivity index (χ1) is 8.10. The van der Waals surface area contributed by atoms with E-state index in [1.807, 2.05) is 26.8 Å². The highest BCUT2D eigenvalue weighted by atomic mass is 16.5. The van der Waals surface area contributed by atoms with Gasteiger partial charge in [-0.3, -0.25) is 0 Å². The standard InChI is InChI=1S/C13H23N3O/c1-5-8-14-10-11-7-9-15-12(16-11)13(3,4)17-6-2/h7,9,14H,5-6,8,10H2,1-4H3. The molecule has 17 heavy (non-hydrogen) atoms. The largest absolute Gasteiger partial charge is 0.368 e. The van der Waals surface area contributed by atoms with E-state index in [4.69, 9.17) is 4.74 Å². The number of nitrogens with zero attached hydrogens (tertiary/aromatic N) is 2. The molecule has 0 spiro atoms. The van der Waals surface area contributed by atoms with E-state index in [-0.39, 0.29) is 0 Å². The van der Waals surface area contributed by atoms with Gasteiger partial charge in [0, 0.05) is 19.3 Å². The van der Waals surface area contributed by atoms with Gasteiger partial charge in [-0.25, -0.2) is 9.97 Å². The fraction of sp³-hybridized carbons (Fsp3) is 0.692. The molecule has 0 atom stereocenters. The average molecular weight is 237 g/mol. The maximum absolute atomic E-state index is 5.65. The molecule has 0 amide bonds. The van der Waals surface area contributed by atoms with Crippen LogP contribution in [0.5, 0.6) is 0 Å². The summed E-state index contributed by atoms with van der Waals surface area (Å²) in [4.78, 5) is 8.83. The van der Waals surface area contributed by atoms with Crippen LogP contribution in [-0.2, 0) is 16.9 Å². The molecule has 0 radical (unpaired) electrons. The third-order valence-corrected chi connectivity index (χ3v) is 2.49. The van der Waals surface area contributed by atoms with Crippen LogP contribution in [0.1, 0.15) is 45.6 Å². The van der Waals surface area contributed by atoms with E-state index < -0.39 is 5.60 Å². The van der Waals surface area contributed by atoms with Crippen LogP contribution >= 0.6 is 0 Å². The maximum atomic E-state index is 5.65. The summed E-state index contributed by atoms with van der Waals surface area (Å²) in [7, 11) is 0. The van der Waals surface area contributed by atoms with Crippen molar-refractivity contribution in [3.8, 4) is 0 Å². The van der Waals surface area contributed by atoms with Crippen molar-refractivity contribution in [2.24, 2.45) is 0 Å². The molecule has 0 aliphatic rings. The molecule has 0 aromatic carbocycles. The maximum Gasteiger partial charge on any atom is 0.159 e. The molecule has 0 fully saturated rings. The second kappa shape index (κ2) is 6.67. The molecule has 1 aromatic heterocycles. The predicted molar refractivity (Wildman–Crippen MR) is 68.7 cm³/mol. The van der Waals surface area contributed by atoms with Crippen molar-refractivity contribution < 1.29 is 4.74 Å². The first kappa shape index (κ1) is 14.1. The van der Waals surface area contributed by atoms with Crippen molar-refractivity contribution in [1.29, 1.82) is 0 Å². The van der Waals surface area contributed by atoms with Crippen molar-refractivity contribution >= 4 is 0 Å². The van der Waals surface area contributed by atoms with E-state index >= 15 is 0 Å². The molecule has 0 bridgehead atoms. The average Bonchev–Trinajstić information content (AvgIpc) is 2.30. The van der Waals surface area contributed by atoms with Gasteiger partial charge in [0.2, 0.25) is 0 Å². The zero-order chi connectivity index (χ0) is 12.7. The Kier molecular flexibility index (Phi) is 5.51. The lowest BCUT2D eigenvalue weighted by atomic mass is 10.1. The molecular weight excluding hydrogens is 214 g/mol. The fourth-order valence-electron chi connectivity index (χ4n) is 1.60. The SMILES string of the molecule is CCCNCc1ccnc(C(C)(C)OCC)n1. The molecule has 4 nitrogen and oxygen atoms in total. The van der Waals surface area contributed by atoms with Gasteiger partial charge in [-0.15, -0.1) is 0 Å². The fourth-order valence-corrected chi connectivity index (χ4v) is 1.60. The van der Waals surface area contributed by atoms with Crippen molar-refractivity contribution in [1.82, 2.24) is 15.3 Å². The summed E-state index contributed by atoms with van der Waals surface area (Å²) in [6, 6.07) is 1.94. The van der Waals surface area contributed by atoms with Crippen molar-refractivity contribution in [3.63, 3.8) is 0 Å². The monoisotopic (exact) mass is 237 g/mol. The zero-order valence-corrected chi connectivity index (χ0v) is 11.3. The van der Waals surface area contributed by atoms with E-state index in [9.17, 15) is 0 Å². The second-order valence-corrected chi connectivity index (χ2v) is 4.49. The third kappa shape index (κ3) is 4.40. The van der Waals surface area contributed by atoms with E-state index in [1.54, 1.807) is 6.20 Å². The molecule has 0 unspecified atom stereocenters. The molecule has 0 aliphatic heterocycles. The quantitative estimate of drug-likeness (QED) is 0.739. The van der Waals surface area contributed by atoms with Crippen LogP contribution in [0.15, 0.2) is 12.3 Å². The summed E-state index contributed by atoms with van der Waals surface area (Å²) in [6.07, 6.45) is 2.93. The lowest BCUT2D eigenvalue weighted by Gasteiger charge is -2.23. The van der Waals surface area contributed by atoms with Crippen molar-refractivity contribution in [2.45, 2.75) is 46.3 Å². The molecule has 1 rings (SSSR count). The molecule has 4 heteroatoms. The Morgan fingerprint density at radius 2 is 2.12 bits per heavy atom. The molecule has 1 heterocycles. The molecule has 0 aliphatic carbocycles. The van der Waals surface area contributed by atoms with Crippen LogP contribution in [0.4, 0.5) is 0 Å². The number of hydrogen-bond donors (Lipinski definition) is 1. The summed E-state index contributed by atoms with van der Waals surface area (Å²) in [5.74, 6) is 0.746. The first-order valence-electron chi connectivity index (χ1n) is 6.27. The van der Waals surface area contributed by atoms with Gasteiger partial charge in [0.15, 0.2) is 5.82 Å². The van der Waals surface area contributed by atoms with Crippen molar-refractivity contribution in [3.05, 3.63) is 23.8 Å². The molecule has 0 saturated heterocycles. The molecule has 1 N–H and O–H groups in total. The van der Waals surface area contributed by atoms with Gasteiger partial charge in [0.05, 0.1) is 5.69 Å². The van der Waals surface area contributed by atoms with Crippen molar-refractivity contribution in [2.75, 3.05) is 13.2 Å². The molecule has 96 valence electrons. The number of aromatic nitrogens is 2. The first-order valence-corrected chi connectivity index (χ1v) is 6.27. The van der Waals surface area contributed by atoms with Crippen LogP contribution in [0.25, 0.3) is 0 Å². The Bertz CT molecular complexity index is 339. The summed E-state index contributed by atoms with van der Waals surface area (Å²) in [5, 5.41) is 3.33. The third-order valence-electron chi connectivity index (χ3n) is 2.49. The molecule has 1 aromatic rings. The summed E-state index contributed by atoms with van der Waals surface area (Å²) in [6.45, 7) is 10.6. The predicted octanol–water partition coefficient (Wildman–Crippen LogP) is 2.25. The van der Waals surface area contributed by atoms with E-state index in [0.717, 1.165) is 31.0 Å². The van der Waals surface area contributed by atoms with Gasteiger partial charge in [-0.2, -0.15) is 0 Å². The second-order valence-electron chi connectivity index (χ2n) is 4.49. The minimum absolute atomic E-state index is 0.421. The Balaban J connectivity index is 2.71. The van der Waals surface area contributed by atoms with Crippen LogP contribution in [0.3, 0.4) is 0 Å². The number of hydrogen-bond acceptors (Lipinski definition) is 4. The highest BCUT2D eigenvalue weighted by Crippen LogP contribution is 2.20. The lowest BCUT2D eigenvalue weighted by molar-refractivity contribution is -0.0209. The minimum Gasteiger partial charge on any atom is -0.368 e. The summed E-state index contributed by atoms with van der Waals surface area (Å²) >= 11 is 0. The van der Waals surface area contributed by atoms with E-state index in [1.165, 1.54) is 0 Å². The van der Waals surface area contributed by atoms with Gasteiger partial charge in [-0.1, -0.05) is 6.92 Å². The summed E-state index contributed by atoms with van der Waals surface area (Å²) in [5.41, 5.74) is 0.589. The number of nitrogens with one attached hydrogen (secondary N) is 1. The minimum atomic E-state index is -0.421. The smallest absolute Gasteiger partial charge is 0.159 e. The Morgan fingerprint density at radius 1 is 1.35 bits per heavy atom. The molecular formula is C13H23N3O.